The van der Waals surface area contributed by atoms with E-state index in [0.717, 1.165) is 18.2 Å². The van der Waals surface area contributed by atoms with Crippen molar-refractivity contribution in [2.45, 2.75) is 25.4 Å². The van der Waals surface area contributed by atoms with Crippen LogP contribution in [0.2, 0.25) is 0 Å². The number of ketones is 1. The van der Waals surface area contributed by atoms with E-state index in [9.17, 15) is 18.8 Å². The molecular formula is C29H28FN3O4S. The number of aromatic nitrogens is 2. The standard InChI is InChI=1S/C29H28FN3O4S/c1-18(2)13-14-31-27(35)20-9-12-24-25(15-20)32-29(33(28(24)36)22-6-4-5-21(30)16-22)38-17-26(34)19-7-10-23(37-3)11-8-19/h4-12,15-16,18H,13-14,17H2,1-3H3,(H,31,35). The van der Waals surface area contributed by atoms with Crippen molar-refractivity contribution in [3.05, 3.63) is 94.0 Å². The Morgan fingerprint density at radius 2 is 1.79 bits per heavy atom. The van der Waals surface area contributed by atoms with E-state index >= 15 is 0 Å². The van der Waals surface area contributed by atoms with Crippen LogP contribution in [0.5, 0.6) is 5.75 Å². The third-order valence-corrected chi connectivity index (χ3v) is 6.86. The largest absolute Gasteiger partial charge is 0.497 e. The van der Waals surface area contributed by atoms with Crippen molar-refractivity contribution in [1.82, 2.24) is 14.9 Å². The van der Waals surface area contributed by atoms with Crippen LogP contribution in [0.3, 0.4) is 0 Å². The summed E-state index contributed by atoms with van der Waals surface area (Å²) in [6.07, 6.45) is 0.846. The van der Waals surface area contributed by atoms with Gasteiger partial charge in [0.1, 0.15) is 11.6 Å². The summed E-state index contributed by atoms with van der Waals surface area (Å²) in [4.78, 5) is 43.7. The fourth-order valence-corrected chi connectivity index (χ4v) is 4.72. The number of carbonyl (C=O) groups is 2. The van der Waals surface area contributed by atoms with Gasteiger partial charge in [-0.15, -0.1) is 0 Å². The number of rotatable bonds is 10. The van der Waals surface area contributed by atoms with Gasteiger partial charge in [0.15, 0.2) is 10.9 Å². The minimum Gasteiger partial charge on any atom is -0.497 e. The van der Waals surface area contributed by atoms with Gasteiger partial charge < -0.3 is 10.1 Å². The molecule has 0 saturated carbocycles. The van der Waals surface area contributed by atoms with Gasteiger partial charge in [-0.25, -0.2) is 9.37 Å². The predicted octanol–water partition coefficient (Wildman–Crippen LogP) is 5.28. The molecule has 1 amide bonds. The first-order valence-corrected chi connectivity index (χ1v) is 13.2. The molecule has 38 heavy (non-hydrogen) atoms. The highest BCUT2D eigenvalue weighted by atomic mass is 32.2. The number of nitrogens with zero attached hydrogens (tertiary/aromatic N) is 2. The molecule has 0 aliphatic carbocycles. The van der Waals surface area contributed by atoms with Crippen molar-refractivity contribution in [1.29, 1.82) is 0 Å². The quantitative estimate of drug-likeness (QED) is 0.169. The first-order valence-electron chi connectivity index (χ1n) is 12.2. The van der Waals surface area contributed by atoms with Crippen LogP contribution in [0.15, 0.2) is 76.7 Å². The van der Waals surface area contributed by atoms with Crippen LogP contribution in [-0.4, -0.2) is 40.6 Å². The van der Waals surface area contributed by atoms with Crippen LogP contribution < -0.4 is 15.6 Å². The molecule has 0 radical (unpaired) electrons. The molecule has 0 bridgehead atoms. The van der Waals surface area contributed by atoms with E-state index in [0.29, 0.717) is 40.5 Å². The van der Waals surface area contributed by atoms with Gasteiger partial charge in [-0.05, 0) is 73.0 Å². The molecule has 0 aliphatic heterocycles. The van der Waals surface area contributed by atoms with Crippen LogP contribution in [-0.2, 0) is 0 Å². The molecule has 0 atom stereocenters. The van der Waals surface area contributed by atoms with E-state index in [4.69, 9.17) is 4.74 Å². The minimum atomic E-state index is -0.506. The number of Topliss-reactive ketones (excluding diaryl/α,β-unsaturated/α-hetero) is 1. The first kappa shape index (κ1) is 27.1. The van der Waals surface area contributed by atoms with E-state index in [1.807, 2.05) is 0 Å². The SMILES string of the molecule is COc1ccc(C(=O)CSc2nc3cc(C(=O)NCCC(C)C)ccc3c(=O)n2-c2cccc(F)c2)cc1. The summed E-state index contributed by atoms with van der Waals surface area (Å²) in [7, 11) is 1.55. The molecule has 4 aromatic rings. The molecule has 1 N–H and O–H groups in total. The summed E-state index contributed by atoms with van der Waals surface area (Å²) in [6.45, 7) is 4.69. The molecule has 4 rings (SSSR count). The Kier molecular flexibility index (Phi) is 8.58. The zero-order valence-corrected chi connectivity index (χ0v) is 22.2. The second-order valence-corrected chi connectivity index (χ2v) is 10.1. The maximum absolute atomic E-state index is 14.1. The van der Waals surface area contributed by atoms with Crippen LogP contribution >= 0.6 is 11.8 Å². The average Bonchev–Trinajstić information content (AvgIpc) is 2.91. The number of fused-ring (bicyclic) bond motifs is 1. The molecule has 1 aromatic heterocycles. The van der Waals surface area contributed by atoms with Crippen molar-refractivity contribution in [2.24, 2.45) is 5.92 Å². The van der Waals surface area contributed by atoms with E-state index in [-0.39, 0.29) is 28.0 Å². The number of thioether (sulfide) groups is 1. The summed E-state index contributed by atoms with van der Waals surface area (Å²) >= 11 is 1.07. The topological polar surface area (TPSA) is 90.3 Å². The Hall–Kier alpha value is -3.98. The number of hydrogen-bond donors (Lipinski definition) is 1. The summed E-state index contributed by atoms with van der Waals surface area (Å²) in [5.41, 5.74) is 1.05. The smallest absolute Gasteiger partial charge is 0.266 e. The van der Waals surface area contributed by atoms with Crippen molar-refractivity contribution in [3.8, 4) is 11.4 Å². The fraction of sp³-hybridized carbons (Fsp3) is 0.241. The normalized spacial score (nSPS) is 11.1. The molecule has 9 heteroatoms. The molecule has 0 unspecified atom stereocenters. The van der Waals surface area contributed by atoms with Gasteiger partial charge in [0.05, 0.1) is 29.5 Å². The number of benzene rings is 3. The van der Waals surface area contributed by atoms with Gasteiger partial charge in [0.25, 0.3) is 11.5 Å². The molecule has 1 heterocycles. The molecule has 3 aromatic carbocycles. The first-order chi connectivity index (χ1) is 18.3. The molecular weight excluding hydrogens is 505 g/mol. The van der Waals surface area contributed by atoms with E-state index in [2.05, 4.69) is 24.1 Å². The lowest BCUT2D eigenvalue weighted by molar-refractivity contribution is 0.0951. The summed E-state index contributed by atoms with van der Waals surface area (Å²) in [6, 6.07) is 17.0. The van der Waals surface area contributed by atoms with Crippen LogP contribution in [0.1, 0.15) is 41.0 Å². The van der Waals surface area contributed by atoms with E-state index in [1.165, 1.54) is 22.8 Å². The van der Waals surface area contributed by atoms with Crippen molar-refractivity contribution >= 4 is 34.4 Å². The molecule has 7 nitrogen and oxygen atoms in total. The van der Waals surface area contributed by atoms with Crippen molar-refractivity contribution < 1.29 is 18.7 Å². The highest BCUT2D eigenvalue weighted by molar-refractivity contribution is 7.99. The molecule has 196 valence electrons. The number of amides is 1. The summed E-state index contributed by atoms with van der Waals surface area (Å²) in [5, 5.41) is 3.38. The monoisotopic (exact) mass is 533 g/mol. The predicted molar refractivity (Wildman–Crippen MR) is 147 cm³/mol. The van der Waals surface area contributed by atoms with Gasteiger partial charge in [-0.1, -0.05) is 31.7 Å². The van der Waals surface area contributed by atoms with Gasteiger partial charge in [0.2, 0.25) is 0 Å². The number of hydrogen-bond acceptors (Lipinski definition) is 6. The van der Waals surface area contributed by atoms with E-state index in [1.54, 1.807) is 55.6 Å². The summed E-state index contributed by atoms with van der Waals surface area (Å²) < 4.78 is 20.5. The van der Waals surface area contributed by atoms with Gasteiger partial charge in [-0.2, -0.15) is 0 Å². The third kappa shape index (κ3) is 6.28. The van der Waals surface area contributed by atoms with Gasteiger partial charge in [-0.3, -0.25) is 19.0 Å². The maximum atomic E-state index is 14.1. The number of nitrogens with one attached hydrogen (secondary N) is 1. The Labute approximate surface area is 224 Å². The zero-order valence-electron chi connectivity index (χ0n) is 21.4. The minimum absolute atomic E-state index is 0.00499. The number of methoxy groups -OCH3 is 1. The summed E-state index contributed by atoms with van der Waals surface area (Å²) in [5.74, 6) is 0.149. The third-order valence-electron chi connectivity index (χ3n) is 5.92. The highest BCUT2D eigenvalue weighted by Gasteiger charge is 2.17. The number of carbonyl (C=O) groups excluding carboxylic acids is 2. The van der Waals surface area contributed by atoms with Crippen molar-refractivity contribution in [2.75, 3.05) is 19.4 Å². The number of halogens is 1. The van der Waals surface area contributed by atoms with E-state index < -0.39 is 11.4 Å². The molecule has 0 fully saturated rings. The van der Waals surface area contributed by atoms with Gasteiger partial charge in [0, 0.05) is 17.7 Å². The van der Waals surface area contributed by atoms with Crippen LogP contribution in [0.4, 0.5) is 4.39 Å². The molecule has 0 aliphatic rings. The lowest BCUT2D eigenvalue weighted by atomic mass is 10.1. The molecule has 0 saturated heterocycles. The molecule has 0 spiro atoms. The second-order valence-electron chi connectivity index (χ2n) is 9.13. The second kappa shape index (κ2) is 12.0. The van der Waals surface area contributed by atoms with Crippen LogP contribution in [0, 0.1) is 11.7 Å². The Morgan fingerprint density at radius 1 is 1.05 bits per heavy atom. The lowest BCUT2D eigenvalue weighted by Crippen LogP contribution is -2.26. The lowest BCUT2D eigenvalue weighted by Gasteiger charge is -2.14. The Balaban J connectivity index is 1.70. The average molecular weight is 534 g/mol. The zero-order chi connectivity index (χ0) is 27.2. The number of ether oxygens (including phenoxy) is 1. The van der Waals surface area contributed by atoms with Gasteiger partial charge >= 0.3 is 0 Å². The highest BCUT2D eigenvalue weighted by Crippen LogP contribution is 2.24. The van der Waals surface area contributed by atoms with Crippen LogP contribution in [0.25, 0.3) is 16.6 Å². The van der Waals surface area contributed by atoms with Crippen molar-refractivity contribution in [3.63, 3.8) is 0 Å². The Bertz CT molecular complexity index is 1530. The maximum Gasteiger partial charge on any atom is 0.266 e. The fourth-order valence-electron chi connectivity index (χ4n) is 3.81. The Morgan fingerprint density at radius 3 is 2.47 bits per heavy atom.